The summed E-state index contributed by atoms with van der Waals surface area (Å²) in [5, 5.41) is 0. The number of anilines is 1. The molecule has 0 saturated heterocycles. The zero-order valence-electron chi connectivity index (χ0n) is 11.2. The molecular formula is C12H8F2N4O4S. The van der Waals surface area contributed by atoms with E-state index in [2.05, 4.69) is 4.98 Å². The summed E-state index contributed by atoms with van der Waals surface area (Å²) in [7, 11) is -4.42. The minimum absolute atomic E-state index is 0.115. The Labute approximate surface area is 127 Å². The van der Waals surface area contributed by atoms with E-state index < -0.39 is 32.4 Å². The van der Waals surface area contributed by atoms with E-state index in [0.717, 1.165) is 18.2 Å². The van der Waals surface area contributed by atoms with Crippen molar-refractivity contribution < 1.29 is 21.6 Å². The number of nitrogens with one attached hydrogen (secondary N) is 1. The second kappa shape index (κ2) is 5.05. The summed E-state index contributed by atoms with van der Waals surface area (Å²) in [5.41, 5.74) is -0.332. The number of sulfonamides is 1. The van der Waals surface area contributed by atoms with Gasteiger partial charge in [-0.2, -0.15) is 9.07 Å². The standard InChI is InChI=1S/C12H8F2N4O4S/c13-6-4-7-8(22-12(19)18(7)15)5-9(6)23(20,21)17-11-3-1-2-10(14)16-11/h1-5H,15H2,(H,16,17). The average Bonchev–Trinajstić information content (AvgIpc) is 2.73. The van der Waals surface area contributed by atoms with Crippen molar-refractivity contribution in [2.24, 2.45) is 0 Å². The maximum atomic E-state index is 14.1. The Morgan fingerprint density at radius 1 is 1.26 bits per heavy atom. The van der Waals surface area contributed by atoms with Gasteiger partial charge < -0.3 is 10.3 Å². The number of hydrogen-bond donors (Lipinski definition) is 2. The van der Waals surface area contributed by atoms with Crippen LogP contribution in [0, 0.1) is 11.8 Å². The highest BCUT2D eigenvalue weighted by Crippen LogP contribution is 2.23. The molecular weight excluding hydrogens is 334 g/mol. The van der Waals surface area contributed by atoms with Crippen LogP contribution in [0.25, 0.3) is 11.1 Å². The number of fused-ring (bicyclic) bond motifs is 1. The molecule has 0 spiro atoms. The van der Waals surface area contributed by atoms with E-state index in [0.29, 0.717) is 4.68 Å². The maximum absolute atomic E-state index is 14.1. The van der Waals surface area contributed by atoms with E-state index in [9.17, 15) is 22.0 Å². The highest BCUT2D eigenvalue weighted by Gasteiger charge is 2.23. The van der Waals surface area contributed by atoms with Gasteiger partial charge in [-0.15, -0.1) is 0 Å². The molecule has 0 amide bonds. The van der Waals surface area contributed by atoms with Gasteiger partial charge in [0.05, 0.1) is 0 Å². The van der Waals surface area contributed by atoms with E-state index in [1.807, 2.05) is 4.72 Å². The fourth-order valence-electron chi connectivity index (χ4n) is 1.90. The lowest BCUT2D eigenvalue weighted by molar-refractivity contribution is 0.532. The van der Waals surface area contributed by atoms with Gasteiger partial charge in [0.15, 0.2) is 5.58 Å². The summed E-state index contributed by atoms with van der Waals surface area (Å²) in [6, 6.07) is 4.98. The van der Waals surface area contributed by atoms with Gasteiger partial charge in [0.2, 0.25) is 5.95 Å². The predicted molar refractivity (Wildman–Crippen MR) is 75.6 cm³/mol. The molecule has 0 aliphatic rings. The van der Waals surface area contributed by atoms with E-state index in [4.69, 9.17) is 10.3 Å². The number of benzene rings is 1. The Morgan fingerprint density at radius 2 is 2.00 bits per heavy atom. The molecule has 2 aromatic heterocycles. The van der Waals surface area contributed by atoms with Gasteiger partial charge in [-0.25, -0.2) is 22.6 Å². The third-order valence-electron chi connectivity index (χ3n) is 2.91. The monoisotopic (exact) mass is 342 g/mol. The van der Waals surface area contributed by atoms with E-state index in [1.165, 1.54) is 12.1 Å². The zero-order chi connectivity index (χ0) is 16.8. The Kier molecular flexibility index (Phi) is 3.29. The van der Waals surface area contributed by atoms with Crippen molar-refractivity contribution in [3.05, 3.63) is 52.6 Å². The van der Waals surface area contributed by atoms with E-state index in [1.54, 1.807) is 0 Å². The van der Waals surface area contributed by atoms with Gasteiger partial charge in [-0.1, -0.05) is 6.07 Å². The van der Waals surface area contributed by atoms with Crippen LogP contribution in [0.1, 0.15) is 0 Å². The maximum Gasteiger partial charge on any atom is 0.438 e. The third-order valence-corrected chi connectivity index (χ3v) is 4.28. The number of oxazole rings is 1. The molecule has 120 valence electrons. The van der Waals surface area contributed by atoms with Crippen LogP contribution in [0.5, 0.6) is 0 Å². The molecule has 0 aliphatic heterocycles. The molecule has 3 N–H and O–H groups in total. The number of halogens is 2. The van der Waals surface area contributed by atoms with Crippen molar-refractivity contribution >= 4 is 26.9 Å². The Bertz CT molecular complexity index is 1070. The highest BCUT2D eigenvalue weighted by molar-refractivity contribution is 7.92. The number of pyridine rings is 1. The molecule has 1 aromatic carbocycles. The number of aromatic nitrogens is 2. The first-order chi connectivity index (χ1) is 10.8. The number of nitrogens with two attached hydrogens (primary N) is 1. The van der Waals surface area contributed by atoms with Crippen molar-refractivity contribution in [1.29, 1.82) is 0 Å². The first-order valence-corrected chi connectivity index (χ1v) is 7.52. The lowest BCUT2D eigenvalue weighted by Gasteiger charge is -2.08. The zero-order valence-corrected chi connectivity index (χ0v) is 12.0. The normalized spacial score (nSPS) is 11.7. The van der Waals surface area contributed by atoms with E-state index in [-0.39, 0.29) is 16.9 Å². The van der Waals surface area contributed by atoms with Gasteiger partial charge >= 0.3 is 5.76 Å². The Balaban J connectivity index is 2.11. The van der Waals surface area contributed by atoms with Crippen molar-refractivity contribution in [2.45, 2.75) is 4.90 Å². The molecule has 0 radical (unpaired) electrons. The average molecular weight is 342 g/mol. The quantitative estimate of drug-likeness (QED) is 0.536. The molecule has 0 saturated carbocycles. The second-order valence-corrected chi connectivity index (χ2v) is 6.09. The van der Waals surface area contributed by atoms with Crippen molar-refractivity contribution in [1.82, 2.24) is 9.66 Å². The van der Waals surface area contributed by atoms with Crippen LogP contribution in [0.3, 0.4) is 0 Å². The van der Waals surface area contributed by atoms with Gasteiger partial charge in [0, 0.05) is 12.1 Å². The van der Waals surface area contributed by atoms with Crippen LogP contribution in [0.15, 0.2) is 44.4 Å². The van der Waals surface area contributed by atoms with Crippen LogP contribution in [0.4, 0.5) is 14.6 Å². The molecule has 23 heavy (non-hydrogen) atoms. The molecule has 0 aliphatic carbocycles. The topological polar surface area (TPSA) is 120 Å². The Morgan fingerprint density at radius 3 is 2.70 bits per heavy atom. The second-order valence-electron chi connectivity index (χ2n) is 4.44. The van der Waals surface area contributed by atoms with E-state index >= 15 is 0 Å². The van der Waals surface area contributed by atoms with Gasteiger partial charge in [-0.05, 0) is 12.1 Å². The molecule has 0 unspecified atom stereocenters. The summed E-state index contributed by atoms with van der Waals surface area (Å²) in [4.78, 5) is 13.8. The smallest absolute Gasteiger partial charge is 0.406 e. The predicted octanol–water partition coefficient (Wildman–Crippen LogP) is 0.782. The molecule has 2 heterocycles. The van der Waals surface area contributed by atoms with Crippen LogP contribution >= 0.6 is 0 Å². The van der Waals surface area contributed by atoms with Gasteiger partial charge in [0.25, 0.3) is 10.0 Å². The van der Waals surface area contributed by atoms with Crippen LogP contribution < -0.4 is 16.3 Å². The van der Waals surface area contributed by atoms with Gasteiger partial charge in [-0.3, -0.25) is 4.72 Å². The number of rotatable bonds is 3. The fraction of sp³-hybridized carbons (Fsp3) is 0. The largest absolute Gasteiger partial charge is 0.438 e. The summed E-state index contributed by atoms with van der Waals surface area (Å²) < 4.78 is 58.6. The number of nitrogens with zero attached hydrogens (tertiary/aromatic N) is 2. The molecule has 0 fully saturated rings. The summed E-state index contributed by atoms with van der Waals surface area (Å²) in [6.45, 7) is 0. The van der Waals surface area contributed by atoms with Crippen LogP contribution in [0.2, 0.25) is 0 Å². The van der Waals surface area contributed by atoms with Crippen LogP contribution in [-0.4, -0.2) is 18.1 Å². The number of nitrogen functional groups attached to an aromatic ring is 1. The minimum atomic E-state index is -4.42. The third kappa shape index (κ3) is 2.61. The first-order valence-electron chi connectivity index (χ1n) is 6.03. The lowest BCUT2D eigenvalue weighted by Crippen LogP contribution is -2.22. The van der Waals surface area contributed by atoms with Crippen molar-refractivity contribution in [3.63, 3.8) is 0 Å². The molecule has 3 rings (SSSR count). The van der Waals surface area contributed by atoms with Crippen LogP contribution in [-0.2, 0) is 10.0 Å². The molecule has 8 nitrogen and oxygen atoms in total. The SMILES string of the molecule is Nn1c(=O)oc2cc(S(=O)(=O)Nc3cccc(F)n3)c(F)cc21. The fourth-order valence-corrected chi connectivity index (χ4v) is 2.98. The summed E-state index contributed by atoms with van der Waals surface area (Å²) >= 11 is 0. The minimum Gasteiger partial charge on any atom is -0.406 e. The van der Waals surface area contributed by atoms with Gasteiger partial charge in [0.1, 0.15) is 22.0 Å². The van der Waals surface area contributed by atoms with Crippen molar-refractivity contribution in [2.75, 3.05) is 10.6 Å². The summed E-state index contributed by atoms with van der Waals surface area (Å²) in [6.07, 6.45) is 0. The Hall–Kier alpha value is -2.95. The first kappa shape index (κ1) is 15.0. The molecule has 0 bridgehead atoms. The molecule has 11 heteroatoms. The highest BCUT2D eigenvalue weighted by atomic mass is 32.2. The number of hydrogen-bond acceptors (Lipinski definition) is 6. The molecule has 0 atom stereocenters. The summed E-state index contributed by atoms with van der Waals surface area (Å²) in [5.74, 6) is 1.95. The lowest BCUT2D eigenvalue weighted by atomic mass is 10.3. The molecule has 3 aromatic rings. The van der Waals surface area contributed by atoms with Crippen molar-refractivity contribution in [3.8, 4) is 0 Å².